The Balaban J connectivity index is 2.06. The number of carbonyl (C=O) groups excluding carboxylic acids is 2. The number of nitrogens with zero attached hydrogens (tertiary/aromatic N) is 1. The van der Waals surface area contributed by atoms with E-state index >= 15 is 0 Å². The summed E-state index contributed by atoms with van der Waals surface area (Å²) in [7, 11) is 0. The smallest absolute Gasteiger partial charge is 0.356 e. The number of alkyl halides is 3. The quantitative estimate of drug-likeness (QED) is 0.788. The fourth-order valence-electron chi connectivity index (χ4n) is 3.00. The number of hydrogen-bond donors (Lipinski definition) is 2. The van der Waals surface area contributed by atoms with Gasteiger partial charge in [-0.2, -0.15) is 13.2 Å². The molecule has 1 aliphatic rings. The molecule has 0 saturated carbocycles. The first kappa shape index (κ1) is 20.0. The lowest BCUT2D eigenvalue weighted by molar-refractivity contribution is -0.140. The van der Waals surface area contributed by atoms with Crippen LogP contribution in [-0.2, 0) is 11.0 Å². The van der Waals surface area contributed by atoms with Gasteiger partial charge in [-0.15, -0.1) is 0 Å². The van der Waals surface area contributed by atoms with Crippen molar-refractivity contribution in [1.29, 1.82) is 0 Å². The van der Waals surface area contributed by atoms with Crippen LogP contribution < -0.4 is 10.6 Å². The van der Waals surface area contributed by atoms with Crippen LogP contribution in [0.15, 0.2) is 18.2 Å². The second kappa shape index (κ2) is 8.37. The molecule has 0 aliphatic carbocycles. The molecule has 144 valence electrons. The molecule has 1 heterocycles. The molecule has 1 aliphatic heterocycles. The molecule has 2 rings (SSSR count). The van der Waals surface area contributed by atoms with Crippen molar-refractivity contribution < 1.29 is 27.2 Å². The molecule has 0 bridgehead atoms. The van der Waals surface area contributed by atoms with Gasteiger partial charge in [0.15, 0.2) is 0 Å². The maximum absolute atomic E-state index is 13.3. The predicted octanol–water partition coefficient (Wildman–Crippen LogP) is 3.76. The third-order valence-electron chi connectivity index (χ3n) is 4.26. The average molecular weight is 375 g/mol. The number of benzene rings is 1. The Labute approximate surface area is 148 Å². The Morgan fingerprint density at radius 3 is 2.65 bits per heavy atom. The number of hydrogen-bond acceptors (Lipinski definition) is 2. The van der Waals surface area contributed by atoms with Crippen LogP contribution in [0.4, 0.5) is 28.0 Å². The Hall–Kier alpha value is -2.32. The number of nitrogens with one attached hydrogen (secondary N) is 2. The standard InChI is InChI=1S/C17H21F4N3O2/c1-11(25)22-8-7-13-4-2-3-9-24(13)16(26)23-12-5-6-15(18)14(10-12)17(19,20)21/h5-6,10,13H,2-4,7-9H2,1H3,(H,22,25)(H,23,26)/t13-/m1/s1. The Morgan fingerprint density at radius 2 is 2.00 bits per heavy atom. The number of urea groups is 1. The molecular formula is C17H21F4N3O2. The molecule has 5 nitrogen and oxygen atoms in total. The van der Waals surface area contributed by atoms with Gasteiger partial charge in [-0.3, -0.25) is 4.79 Å². The van der Waals surface area contributed by atoms with Gasteiger partial charge >= 0.3 is 12.2 Å². The maximum atomic E-state index is 13.3. The summed E-state index contributed by atoms with van der Waals surface area (Å²) in [5.41, 5.74) is -1.54. The van der Waals surface area contributed by atoms with E-state index < -0.39 is 23.6 Å². The second-order valence-corrected chi connectivity index (χ2v) is 6.24. The number of rotatable bonds is 4. The lowest BCUT2D eigenvalue weighted by Gasteiger charge is -2.36. The van der Waals surface area contributed by atoms with Gasteiger partial charge in [0.1, 0.15) is 5.82 Å². The Morgan fingerprint density at radius 1 is 1.27 bits per heavy atom. The van der Waals surface area contributed by atoms with Crippen molar-refractivity contribution in [3.05, 3.63) is 29.6 Å². The van der Waals surface area contributed by atoms with E-state index in [0.29, 0.717) is 31.6 Å². The molecule has 26 heavy (non-hydrogen) atoms. The monoisotopic (exact) mass is 375 g/mol. The topological polar surface area (TPSA) is 61.4 Å². The van der Waals surface area contributed by atoms with Crippen molar-refractivity contribution in [1.82, 2.24) is 10.2 Å². The molecule has 1 saturated heterocycles. The van der Waals surface area contributed by atoms with Crippen LogP contribution in [0.1, 0.15) is 38.2 Å². The molecule has 0 radical (unpaired) electrons. The fraction of sp³-hybridized carbons (Fsp3) is 0.529. The van der Waals surface area contributed by atoms with Gasteiger partial charge in [-0.05, 0) is 43.9 Å². The summed E-state index contributed by atoms with van der Waals surface area (Å²) < 4.78 is 51.7. The molecule has 1 aromatic carbocycles. The van der Waals surface area contributed by atoms with E-state index in [-0.39, 0.29) is 17.6 Å². The largest absolute Gasteiger partial charge is 0.419 e. The summed E-state index contributed by atoms with van der Waals surface area (Å²) in [6, 6.07) is 1.72. The minimum Gasteiger partial charge on any atom is -0.356 e. The molecule has 0 spiro atoms. The van der Waals surface area contributed by atoms with E-state index in [1.807, 2.05) is 0 Å². The third kappa shape index (κ3) is 5.34. The normalized spacial score (nSPS) is 17.7. The van der Waals surface area contributed by atoms with E-state index in [1.165, 1.54) is 6.92 Å². The summed E-state index contributed by atoms with van der Waals surface area (Å²) in [4.78, 5) is 25.0. The number of piperidine rings is 1. The predicted molar refractivity (Wildman–Crippen MR) is 88.1 cm³/mol. The molecule has 9 heteroatoms. The Kier molecular flexibility index (Phi) is 6.44. The molecular weight excluding hydrogens is 354 g/mol. The van der Waals surface area contributed by atoms with Crippen molar-refractivity contribution in [2.45, 2.75) is 44.8 Å². The number of halogens is 4. The lowest BCUT2D eigenvalue weighted by atomic mass is 9.99. The minimum atomic E-state index is -4.84. The second-order valence-electron chi connectivity index (χ2n) is 6.24. The van der Waals surface area contributed by atoms with Gasteiger partial charge in [-0.1, -0.05) is 0 Å². The van der Waals surface area contributed by atoms with Crippen molar-refractivity contribution in [3.63, 3.8) is 0 Å². The highest BCUT2D eigenvalue weighted by atomic mass is 19.4. The Bertz CT molecular complexity index is 664. The highest BCUT2D eigenvalue weighted by Gasteiger charge is 2.34. The summed E-state index contributed by atoms with van der Waals surface area (Å²) in [5, 5.41) is 5.08. The first-order chi connectivity index (χ1) is 12.2. The summed E-state index contributed by atoms with van der Waals surface area (Å²) in [6.45, 7) is 2.29. The number of amides is 3. The van der Waals surface area contributed by atoms with Crippen molar-refractivity contribution in [3.8, 4) is 0 Å². The van der Waals surface area contributed by atoms with Crippen LogP contribution in [0.5, 0.6) is 0 Å². The molecule has 1 aromatic rings. The van der Waals surface area contributed by atoms with E-state index in [0.717, 1.165) is 25.3 Å². The number of likely N-dealkylation sites (tertiary alicyclic amines) is 1. The van der Waals surface area contributed by atoms with E-state index in [1.54, 1.807) is 4.90 Å². The van der Waals surface area contributed by atoms with Crippen LogP contribution >= 0.6 is 0 Å². The summed E-state index contributed by atoms with van der Waals surface area (Å²) >= 11 is 0. The van der Waals surface area contributed by atoms with E-state index in [2.05, 4.69) is 10.6 Å². The molecule has 2 N–H and O–H groups in total. The van der Waals surface area contributed by atoms with Crippen LogP contribution in [0.3, 0.4) is 0 Å². The summed E-state index contributed by atoms with van der Waals surface area (Å²) in [6.07, 6.45) is -1.80. The van der Waals surface area contributed by atoms with Gasteiger partial charge in [0, 0.05) is 31.7 Å². The van der Waals surface area contributed by atoms with Gasteiger partial charge in [0.25, 0.3) is 0 Å². The first-order valence-corrected chi connectivity index (χ1v) is 8.37. The highest BCUT2D eigenvalue weighted by Crippen LogP contribution is 2.33. The van der Waals surface area contributed by atoms with Crippen molar-refractivity contribution in [2.24, 2.45) is 0 Å². The third-order valence-corrected chi connectivity index (χ3v) is 4.26. The molecule has 0 unspecified atom stereocenters. The first-order valence-electron chi connectivity index (χ1n) is 8.37. The molecule has 1 atom stereocenters. The van der Waals surface area contributed by atoms with Crippen molar-refractivity contribution in [2.75, 3.05) is 18.4 Å². The fourth-order valence-corrected chi connectivity index (χ4v) is 3.00. The number of anilines is 1. The van der Waals surface area contributed by atoms with Gasteiger partial charge < -0.3 is 15.5 Å². The van der Waals surface area contributed by atoms with Gasteiger partial charge in [0.05, 0.1) is 5.56 Å². The van der Waals surface area contributed by atoms with Crippen LogP contribution in [0.2, 0.25) is 0 Å². The van der Waals surface area contributed by atoms with Gasteiger partial charge in [0.2, 0.25) is 5.91 Å². The zero-order chi connectivity index (χ0) is 19.3. The zero-order valence-corrected chi connectivity index (χ0v) is 14.3. The summed E-state index contributed by atoms with van der Waals surface area (Å²) in [5.74, 6) is -1.55. The highest BCUT2D eigenvalue weighted by molar-refractivity contribution is 5.89. The maximum Gasteiger partial charge on any atom is 0.419 e. The minimum absolute atomic E-state index is 0.113. The SMILES string of the molecule is CC(=O)NCC[C@H]1CCCCN1C(=O)Nc1ccc(F)c(C(F)(F)F)c1. The lowest BCUT2D eigenvalue weighted by Crippen LogP contribution is -2.47. The molecule has 3 amide bonds. The zero-order valence-electron chi connectivity index (χ0n) is 14.3. The number of carbonyl (C=O) groups is 2. The van der Waals surface area contributed by atoms with E-state index in [9.17, 15) is 27.2 Å². The van der Waals surface area contributed by atoms with E-state index in [4.69, 9.17) is 0 Å². The average Bonchev–Trinajstić information content (AvgIpc) is 2.55. The molecule has 0 aromatic heterocycles. The van der Waals surface area contributed by atoms with Crippen LogP contribution in [0.25, 0.3) is 0 Å². The molecule has 1 fully saturated rings. The van der Waals surface area contributed by atoms with Gasteiger partial charge in [-0.25, -0.2) is 9.18 Å². The van der Waals surface area contributed by atoms with Crippen LogP contribution in [-0.4, -0.2) is 36.0 Å². The van der Waals surface area contributed by atoms with Crippen LogP contribution in [0, 0.1) is 5.82 Å². The van der Waals surface area contributed by atoms with Crippen molar-refractivity contribution >= 4 is 17.6 Å².